The summed E-state index contributed by atoms with van der Waals surface area (Å²) in [4.78, 5) is 13.5. The van der Waals surface area contributed by atoms with E-state index in [0.717, 1.165) is 9.78 Å². The third-order valence-electron chi connectivity index (χ3n) is 3.59. The van der Waals surface area contributed by atoms with E-state index in [1.165, 1.54) is 11.3 Å². The van der Waals surface area contributed by atoms with E-state index in [2.05, 4.69) is 12.6 Å². The van der Waals surface area contributed by atoms with E-state index in [-0.39, 0.29) is 10.7 Å². The molecule has 1 heterocycles. The van der Waals surface area contributed by atoms with Crippen LogP contribution in [0.15, 0.2) is 17.5 Å². The lowest BCUT2D eigenvalue weighted by Gasteiger charge is -2.34. The molecule has 5 atom stereocenters. The minimum absolute atomic E-state index is 0.104. The van der Waals surface area contributed by atoms with Gasteiger partial charge in [0.2, 0.25) is 0 Å². The summed E-state index contributed by atoms with van der Waals surface area (Å²) in [5.74, 6) is -1.19. The molecule has 6 N–H and O–H groups in total. The molecule has 0 saturated heterocycles. The Bertz CT molecular complexity index is 557. The number of carboxylic acids is 1. The summed E-state index contributed by atoms with van der Waals surface area (Å²) in [5.41, 5.74) is 0. The number of aliphatic hydroxyl groups is 5. The number of thiol groups is 1. The van der Waals surface area contributed by atoms with Crippen LogP contribution in [0.25, 0.3) is 0 Å². The highest BCUT2D eigenvalue weighted by Crippen LogP contribution is 2.18. The van der Waals surface area contributed by atoms with Crippen molar-refractivity contribution in [1.29, 1.82) is 0 Å². The molecule has 5 unspecified atom stereocenters. The van der Waals surface area contributed by atoms with Crippen LogP contribution in [0.5, 0.6) is 0 Å². The van der Waals surface area contributed by atoms with Crippen LogP contribution in [-0.2, 0) is 11.2 Å². The summed E-state index contributed by atoms with van der Waals surface area (Å²) in [6.07, 6.45) is -6.80. The zero-order valence-corrected chi connectivity index (χ0v) is 15.6. The van der Waals surface area contributed by atoms with Gasteiger partial charge in [0.25, 0.3) is 0 Å². The Hall–Kier alpha value is -0.790. The molecule has 8 nitrogen and oxygen atoms in total. The van der Waals surface area contributed by atoms with E-state index in [0.29, 0.717) is 0 Å². The minimum Gasteiger partial charge on any atom is -0.480 e. The first-order valence-corrected chi connectivity index (χ1v) is 9.00. The van der Waals surface area contributed by atoms with Crippen LogP contribution in [0.1, 0.15) is 4.88 Å². The average molecular weight is 412 g/mol. The molecule has 0 aliphatic heterocycles. The fourth-order valence-corrected chi connectivity index (χ4v) is 3.33. The largest absolute Gasteiger partial charge is 0.480 e. The average Bonchev–Trinajstić information content (AvgIpc) is 3.08. The summed E-state index contributed by atoms with van der Waals surface area (Å²) in [5, 5.41) is 59.0. The number of thiocarbonyl (C=S) groups is 1. The lowest BCUT2D eigenvalue weighted by atomic mass is 10.0. The third-order valence-corrected chi connectivity index (χ3v) is 4.98. The molecule has 0 bridgehead atoms. The molecule has 0 radical (unpaired) electrons. The smallest absolute Gasteiger partial charge is 0.326 e. The molecule has 0 saturated carbocycles. The van der Waals surface area contributed by atoms with Gasteiger partial charge in [-0.15, -0.1) is 24.0 Å². The van der Waals surface area contributed by atoms with Crippen molar-refractivity contribution >= 4 is 46.5 Å². The van der Waals surface area contributed by atoms with Crippen LogP contribution in [-0.4, -0.2) is 89.4 Å². The zero-order chi connectivity index (χ0) is 19.1. The monoisotopic (exact) mass is 411 g/mol. The highest BCUT2D eigenvalue weighted by Gasteiger charge is 2.34. The molecule has 0 aliphatic rings. The van der Waals surface area contributed by atoms with E-state index in [9.17, 15) is 30.3 Å². The Kier molecular flexibility index (Phi) is 9.24. The van der Waals surface area contributed by atoms with Gasteiger partial charge in [-0.05, 0) is 11.4 Å². The maximum absolute atomic E-state index is 11.6. The van der Waals surface area contributed by atoms with Crippen LogP contribution in [0.3, 0.4) is 0 Å². The second-order valence-electron chi connectivity index (χ2n) is 5.37. The maximum Gasteiger partial charge on any atom is 0.326 e. The van der Waals surface area contributed by atoms with E-state index in [1.54, 1.807) is 17.5 Å². The first kappa shape index (κ1) is 22.3. The molecule has 11 heteroatoms. The summed E-state index contributed by atoms with van der Waals surface area (Å²) in [7, 11) is 0. The van der Waals surface area contributed by atoms with Crippen molar-refractivity contribution < 1.29 is 35.4 Å². The highest BCUT2D eigenvalue weighted by molar-refractivity contribution is 8.10. The van der Waals surface area contributed by atoms with Crippen molar-refractivity contribution in [2.45, 2.75) is 36.9 Å². The Balaban J connectivity index is 2.89. The molecule has 142 valence electrons. The van der Waals surface area contributed by atoms with Crippen molar-refractivity contribution in [2.75, 3.05) is 13.2 Å². The molecule has 1 aromatic heterocycles. The van der Waals surface area contributed by atoms with Gasteiger partial charge in [-0.3, -0.25) is 0 Å². The lowest BCUT2D eigenvalue weighted by molar-refractivity contribution is -0.143. The van der Waals surface area contributed by atoms with Crippen molar-refractivity contribution in [3.63, 3.8) is 0 Å². The Morgan fingerprint density at radius 2 is 1.84 bits per heavy atom. The standard InChI is InChI=1S/C14H21NO7S3/c16-6-10(18)12(20)11(19)9(17)5-15(14(23)24)8(13(21)22)4-7-2-1-3-25-7/h1-3,8-12,16-20H,4-6H2,(H,21,22)(H,23,24). The van der Waals surface area contributed by atoms with Crippen LogP contribution < -0.4 is 0 Å². The van der Waals surface area contributed by atoms with E-state index >= 15 is 0 Å². The van der Waals surface area contributed by atoms with Gasteiger partial charge >= 0.3 is 5.97 Å². The Morgan fingerprint density at radius 1 is 1.24 bits per heavy atom. The van der Waals surface area contributed by atoms with Gasteiger partial charge in [-0.25, -0.2) is 4.79 Å². The van der Waals surface area contributed by atoms with Gasteiger partial charge in [-0.1, -0.05) is 18.3 Å². The first-order valence-electron chi connectivity index (χ1n) is 7.26. The number of carbonyl (C=O) groups is 1. The van der Waals surface area contributed by atoms with E-state index in [4.69, 9.17) is 17.3 Å². The summed E-state index contributed by atoms with van der Waals surface area (Å²) < 4.78 is -0.104. The predicted octanol–water partition coefficient (Wildman–Crippen LogP) is -1.30. The zero-order valence-electron chi connectivity index (χ0n) is 13.0. The van der Waals surface area contributed by atoms with Crippen molar-refractivity contribution in [1.82, 2.24) is 4.90 Å². The van der Waals surface area contributed by atoms with Crippen LogP contribution in [0, 0.1) is 0 Å². The van der Waals surface area contributed by atoms with Crippen LogP contribution in [0.2, 0.25) is 0 Å². The van der Waals surface area contributed by atoms with E-state index in [1.807, 2.05) is 0 Å². The molecule has 1 rings (SSSR count). The quantitative estimate of drug-likeness (QED) is 0.185. The molecule has 0 spiro atoms. The van der Waals surface area contributed by atoms with Gasteiger partial charge in [0, 0.05) is 17.8 Å². The number of aliphatic carboxylic acids is 1. The summed E-state index contributed by atoms with van der Waals surface area (Å²) in [6, 6.07) is 2.39. The third kappa shape index (κ3) is 6.46. The number of carboxylic acid groups (broad SMARTS) is 1. The van der Waals surface area contributed by atoms with Crippen LogP contribution >= 0.6 is 36.2 Å². The molecule has 0 fully saturated rings. The number of rotatable bonds is 10. The SMILES string of the molecule is O=C(O)C(Cc1cccs1)N(CC(O)C(O)C(O)C(O)CO)C(=S)S. The molecular weight excluding hydrogens is 390 g/mol. The minimum atomic E-state index is -1.82. The Morgan fingerprint density at radius 3 is 2.28 bits per heavy atom. The molecule has 0 amide bonds. The summed E-state index contributed by atoms with van der Waals surface area (Å²) in [6.45, 7) is -1.24. The number of aliphatic hydroxyl groups excluding tert-OH is 5. The highest BCUT2D eigenvalue weighted by atomic mass is 32.1. The number of hydrogen-bond donors (Lipinski definition) is 7. The van der Waals surface area contributed by atoms with Crippen molar-refractivity contribution in [2.24, 2.45) is 0 Å². The first-order chi connectivity index (χ1) is 11.7. The fraction of sp³-hybridized carbons (Fsp3) is 0.571. The molecule has 25 heavy (non-hydrogen) atoms. The molecule has 0 aromatic carbocycles. The topological polar surface area (TPSA) is 142 Å². The van der Waals surface area contributed by atoms with Gasteiger partial charge in [-0.2, -0.15) is 0 Å². The number of hydrogen-bond acceptors (Lipinski definition) is 8. The molecule has 1 aromatic rings. The lowest BCUT2D eigenvalue weighted by Crippen LogP contribution is -2.53. The van der Waals surface area contributed by atoms with Gasteiger partial charge in [0.05, 0.1) is 6.61 Å². The fourth-order valence-electron chi connectivity index (χ4n) is 2.16. The summed E-state index contributed by atoms with van der Waals surface area (Å²) >= 11 is 10.3. The van der Waals surface area contributed by atoms with Gasteiger partial charge < -0.3 is 35.5 Å². The van der Waals surface area contributed by atoms with Crippen LogP contribution in [0.4, 0.5) is 0 Å². The normalized spacial score (nSPS) is 17.4. The Labute approximate surface area is 159 Å². The van der Waals surface area contributed by atoms with Gasteiger partial charge in [0.1, 0.15) is 34.8 Å². The van der Waals surface area contributed by atoms with Gasteiger partial charge in [0.15, 0.2) is 0 Å². The second-order valence-corrected chi connectivity index (χ2v) is 7.52. The van der Waals surface area contributed by atoms with Crippen molar-refractivity contribution in [3.05, 3.63) is 22.4 Å². The van der Waals surface area contributed by atoms with Crippen molar-refractivity contribution in [3.8, 4) is 0 Å². The molecule has 0 aliphatic carbocycles. The van der Waals surface area contributed by atoms with E-state index < -0.39 is 49.6 Å². The molecular formula is C14H21NO7S3. The predicted molar refractivity (Wildman–Crippen MR) is 98.8 cm³/mol. The number of nitrogens with zero attached hydrogens (tertiary/aromatic N) is 1. The number of thiophene rings is 1. The second kappa shape index (κ2) is 10.4. The maximum atomic E-state index is 11.6.